The lowest BCUT2D eigenvalue weighted by atomic mass is 10.4. The first-order valence-electron chi connectivity index (χ1n) is 3.53. The van der Waals surface area contributed by atoms with Gasteiger partial charge in [-0.2, -0.15) is 0 Å². The maximum Gasteiger partial charge on any atom is 0.337 e. The van der Waals surface area contributed by atoms with Crippen LogP contribution in [0.25, 0.3) is 0 Å². The number of carbonyl (C=O) groups is 1. The summed E-state index contributed by atoms with van der Waals surface area (Å²) in [4.78, 5) is 11.0. The van der Waals surface area contributed by atoms with E-state index in [0.29, 0.717) is 12.9 Å². The topological polar surface area (TPSA) is 44.8 Å². The van der Waals surface area contributed by atoms with Gasteiger partial charge in [0.1, 0.15) is 0 Å². The van der Waals surface area contributed by atoms with Crippen LogP contribution in [0.2, 0.25) is 0 Å². The van der Waals surface area contributed by atoms with Crippen molar-refractivity contribution in [3.05, 3.63) is 6.29 Å². The minimum absolute atomic E-state index is 0.269. The fourth-order valence-corrected chi connectivity index (χ4v) is 0.813. The molecule has 0 aromatic rings. The SMILES string of the molecule is CCOC(=O)C1CO[C](C)O1. The van der Waals surface area contributed by atoms with Crippen molar-refractivity contribution >= 4 is 5.97 Å². The Morgan fingerprint density at radius 3 is 3.00 bits per heavy atom. The maximum atomic E-state index is 11.0. The number of hydrogen-bond acceptors (Lipinski definition) is 4. The molecule has 1 heterocycles. The molecule has 0 spiro atoms. The fourth-order valence-electron chi connectivity index (χ4n) is 0.813. The van der Waals surface area contributed by atoms with Crippen molar-refractivity contribution in [2.24, 2.45) is 0 Å². The molecule has 1 fully saturated rings. The molecule has 11 heavy (non-hydrogen) atoms. The van der Waals surface area contributed by atoms with Gasteiger partial charge in [-0.3, -0.25) is 0 Å². The van der Waals surface area contributed by atoms with E-state index >= 15 is 0 Å². The van der Waals surface area contributed by atoms with Crippen LogP contribution in [-0.4, -0.2) is 25.3 Å². The first-order valence-corrected chi connectivity index (χ1v) is 3.53. The van der Waals surface area contributed by atoms with Crippen LogP contribution in [0.4, 0.5) is 0 Å². The fraction of sp³-hybridized carbons (Fsp3) is 0.714. The summed E-state index contributed by atoms with van der Waals surface area (Å²) in [5.41, 5.74) is 0. The van der Waals surface area contributed by atoms with Crippen LogP contribution in [-0.2, 0) is 19.0 Å². The maximum absolute atomic E-state index is 11.0. The second kappa shape index (κ2) is 3.69. The Morgan fingerprint density at radius 1 is 1.82 bits per heavy atom. The van der Waals surface area contributed by atoms with E-state index in [-0.39, 0.29) is 12.6 Å². The molecule has 4 nitrogen and oxygen atoms in total. The van der Waals surface area contributed by atoms with Gasteiger partial charge in [0.05, 0.1) is 13.2 Å². The first-order chi connectivity index (χ1) is 5.24. The van der Waals surface area contributed by atoms with Gasteiger partial charge in [0.2, 0.25) is 6.29 Å². The Kier molecular flexibility index (Phi) is 2.84. The molecule has 1 atom stereocenters. The van der Waals surface area contributed by atoms with Gasteiger partial charge in [0.25, 0.3) is 0 Å². The second-order valence-corrected chi connectivity index (χ2v) is 2.16. The lowest BCUT2D eigenvalue weighted by molar-refractivity contribution is -0.152. The zero-order valence-corrected chi connectivity index (χ0v) is 6.62. The van der Waals surface area contributed by atoms with Gasteiger partial charge < -0.3 is 14.2 Å². The molecule has 0 aromatic heterocycles. The number of carbonyl (C=O) groups excluding carboxylic acids is 1. The summed E-state index contributed by atoms with van der Waals surface area (Å²) in [5.74, 6) is -0.357. The predicted molar refractivity (Wildman–Crippen MR) is 36.4 cm³/mol. The average Bonchev–Trinajstić information content (AvgIpc) is 2.36. The average molecular weight is 159 g/mol. The molecule has 0 aliphatic carbocycles. The largest absolute Gasteiger partial charge is 0.464 e. The van der Waals surface area contributed by atoms with Gasteiger partial charge in [-0.25, -0.2) is 4.79 Å². The van der Waals surface area contributed by atoms with Gasteiger partial charge in [0.15, 0.2) is 6.10 Å². The first kappa shape index (κ1) is 8.49. The van der Waals surface area contributed by atoms with E-state index in [9.17, 15) is 4.79 Å². The molecule has 0 amide bonds. The highest BCUT2D eigenvalue weighted by Gasteiger charge is 2.30. The third-order valence-electron chi connectivity index (χ3n) is 1.30. The highest BCUT2D eigenvalue weighted by molar-refractivity contribution is 5.75. The van der Waals surface area contributed by atoms with Crippen molar-refractivity contribution in [1.82, 2.24) is 0 Å². The zero-order valence-electron chi connectivity index (χ0n) is 6.62. The van der Waals surface area contributed by atoms with E-state index in [2.05, 4.69) is 0 Å². The standard InChI is InChI=1S/C7H11O4/c1-3-9-7(8)6-4-10-5(2)11-6/h6H,3-4H2,1-2H3. The third kappa shape index (κ3) is 2.17. The van der Waals surface area contributed by atoms with Gasteiger partial charge >= 0.3 is 5.97 Å². The van der Waals surface area contributed by atoms with Crippen LogP contribution in [0.15, 0.2) is 0 Å². The Balaban J connectivity index is 2.31. The summed E-state index contributed by atoms with van der Waals surface area (Å²) >= 11 is 0. The van der Waals surface area contributed by atoms with Crippen molar-refractivity contribution in [3.63, 3.8) is 0 Å². The van der Waals surface area contributed by atoms with E-state index < -0.39 is 6.10 Å². The molecule has 1 aliphatic heterocycles. The van der Waals surface area contributed by atoms with Crippen LogP contribution >= 0.6 is 0 Å². The van der Waals surface area contributed by atoms with Crippen molar-refractivity contribution in [1.29, 1.82) is 0 Å². The van der Waals surface area contributed by atoms with E-state index in [1.165, 1.54) is 0 Å². The summed E-state index contributed by atoms with van der Waals surface area (Å²) in [5, 5.41) is 0. The van der Waals surface area contributed by atoms with E-state index in [4.69, 9.17) is 14.2 Å². The van der Waals surface area contributed by atoms with Crippen molar-refractivity contribution < 1.29 is 19.0 Å². The Morgan fingerprint density at radius 2 is 2.55 bits per heavy atom. The summed E-state index contributed by atoms with van der Waals surface area (Å²) in [6, 6.07) is 0. The summed E-state index contributed by atoms with van der Waals surface area (Å²) in [6.07, 6.45) is -0.127. The quantitative estimate of drug-likeness (QED) is 0.549. The molecule has 1 radical (unpaired) electrons. The van der Waals surface area contributed by atoms with Crippen molar-refractivity contribution in [2.75, 3.05) is 13.2 Å². The number of ether oxygens (including phenoxy) is 3. The normalized spacial score (nSPS) is 25.5. The molecule has 1 rings (SSSR count). The van der Waals surface area contributed by atoms with Crippen LogP contribution < -0.4 is 0 Å². The molecule has 0 saturated carbocycles. The Labute approximate surface area is 65.4 Å². The molecule has 0 N–H and O–H groups in total. The second-order valence-electron chi connectivity index (χ2n) is 2.16. The lowest BCUT2D eigenvalue weighted by Crippen LogP contribution is -2.25. The van der Waals surface area contributed by atoms with Crippen LogP contribution in [0.1, 0.15) is 13.8 Å². The number of rotatable bonds is 2. The predicted octanol–water partition coefficient (Wildman–Crippen LogP) is 0.474. The minimum atomic E-state index is -0.560. The molecule has 63 valence electrons. The molecular formula is C7H11O4. The van der Waals surface area contributed by atoms with E-state index in [1.54, 1.807) is 13.8 Å². The van der Waals surface area contributed by atoms with E-state index in [1.807, 2.05) is 0 Å². The third-order valence-corrected chi connectivity index (χ3v) is 1.30. The highest BCUT2D eigenvalue weighted by Crippen LogP contribution is 2.17. The van der Waals surface area contributed by atoms with Gasteiger partial charge in [0, 0.05) is 0 Å². The zero-order chi connectivity index (χ0) is 8.27. The van der Waals surface area contributed by atoms with Crippen LogP contribution in [0, 0.1) is 6.29 Å². The smallest absolute Gasteiger partial charge is 0.337 e. The monoisotopic (exact) mass is 159 g/mol. The number of hydrogen-bond donors (Lipinski definition) is 0. The minimum Gasteiger partial charge on any atom is -0.464 e. The summed E-state index contributed by atoms with van der Waals surface area (Å²) in [7, 11) is 0. The van der Waals surface area contributed by atoms with Gasteiger partial charge in [-0.1, -0.05) is 0 Å². The molecule has 0 bridgehead atoms. The van der Waals surface area contributed by atoms with Gasteiger partial charge in [-0.15, -0.1) is 0 Å². The Bertz CT molecular complexity index is 145. The van der Waals surface area contributed by atoms with Crippen LogP contribution in [0.5, 0.6) is 0 Å². The molecule has 1 saturated heterocycles. The van der Waals surface area contributed by atoms with Gasteiger partial charge in [-0.05, 0) is 13.8 Å². The lowest BCUT2D eigenvalue weighted by Gasteiger charge is -2.05. The molecule has 0 aromatic carbocycles. The molecule has 1 aliphatic rings. The molecule has 1 unspecified atom stereocenters. The molecular weight excluding hydrogens is 148 g/mol. The van der Waals surface area contributed by atoms with Crippen molar-refractivity contribution in [2.45, 2.75) is 20.0 Å². The van der Waals surface area contributed by atoms with Crippen molar-refractivity contribution in [3.8, 4) is 0 Å². The summed E-state index contributed by atoms with van der Waals surface area (Å²) < 4.78 is 14.6. The highest BCUT2D eigenvalue weighted by atomic mass is 16.7. The van der Waals surface area contributed by atoms with E-state index in [0.717, 1.165) is 0 Å². The van der Waals surface area contributed by atoms with Crippen LogP contribution in [0.3, 0.4) is 0 Å². The Hall–Kier alpha value is -0.610. The summed E-state index contributed by atoms with van der Waals surface area (Å²) in [6.45, 7) is 4.06. The molecule has 4 heteroatoms. The number of esters is 1.